The highest BCUT2D eigenvalue weighted by Gasteiger charge is 2.43. The highest BCUT2D eigenvalue weighted by Crippen LogP contribution is 2.40. The number of fused-ring (bicyclic) bond motifs is 6. The van der Waals surface area contributed by atoms with Crippen LogP contribution >= 0.6 is 0 Å². The highest BCUT2D eigenvalue weighted by molar-refractivity contribution is 7.20. The van der Waals surface area contributed by atoms with Gasteiger partial charge in [-0.1, -0.05) is 200 Å². The summed E-state index contributed by atoms with van der Waals surface area (Å²) in [6, 6.07) is 85.3. The van der Waals surface area contributed by atoms with Crippen LogP contribution in [0.15, 0.2) is 231 Å². The van der Waals surface area contributed by atoms with Gasteiger partial charge in [-0.2, -0.15) is 0 Å². The summed E-state index contributed by atoms with van der Waals surface area (Å²) in [6.45, 7) is 0. The van der Waals surface area contributed by atoms with Gasteiger partial charge < -0.3 is 9.13 Å². The molecular formula is C54H38N2Si. The number of hydrogen-bond acceptors (Lipinski definition) is 0. The van der Waals surface area contributed by atoms with Gasteiger partial charge in [0.2, 0.25) is 0 Å². The predicted molar refractivity (Wildman–Crippen MR) is 244 cm³/mol. The van der Waals surface area contributed by atoms with Crippen LogP contribution in [0.5, 0.6) is 0 Å². The number of para-hydroxylation sites is 4. The van der Waals surface area contributed by atoms with Gasteiger partial charge in [0.05, 0.1) is 27.8 Å². The van der Waals surface area contributed by atoms with Crippen LogP contribution in [-0.4, -0.2) is 17.2 Å². The third-order valence-corrected chi connectivity index (χ3v) is 16.7. The summed E-state index contributed by atoms with van der Waals surface area (Å²) in [7, 11) is -2.94. The Morgan fingerprint density at radius 1 is 0.298 bits per heavy atom. The van der Waals surface area contributed by atoms with Gasteiger partial charge in [0.1, 0.15) is 0 Å². The summed E-state index contributed by atoms with van der Waals surface area (Å²) in [6.07, 6.45) is 0. The number of nitrogens with zero attached hydrogens (tertiary/aromatic N) is 2. The van der Waals surface area contributed by atoms with Gasteiger partial charge in [-0.05, 0) is 62.2 Å². The van der Waals surface area contributed by atoms with Crippen molar-refractivity contribution in [2.45, 2.75) is 0 Å². The normalized spacial score (nSPS) is 11.9. The van der Waals surface area contributed by atoms with Crippen molar-refractivity contribution in [1.82, 2.24) is 9.13 Å². The van der Waals surface area contributed by atoms with Gasteiger partial charge in [0.25, 0.3) is 0 Å². The lowest BCUT2D eigenvalue weighted by molar-refractivity contribution is 1.13. The van der Waals surface area contributed by atoms with Crippen molar-refractivity contribution in [3.05, 3.63) is 231 Å². The molecule has 11 aromatic rings. The molecule has 0 amide bonds. The van der Waals surface area contributed by atoms with E-state index in [0.29, 0.717) is 0 Å². The summed E-state index contributed by atoms with van der Waals surface area (Å²) in [5, 5.41) is 10.4. The molecule has 3 heteroatoms. The van der Waals surface area contributed by atoms with Crippen LogP contribution < -0.4 is 20.7 Å². The van der Waals surface area contributed by atoms with Gasteiger partial charge in [-0.3, -0.25) is 0 Å². The van der Waals surface area contributed by atoms with Gasteiger partial charge >= 0.3 is 0 Å². The lowest BCUT2D eigenvalue weighted by atomic mass is 10.1. The number of aromatic nitrogens is 2. The molecule has 57 heavy (non-hydrogen) atoms. The van der Waals surface area contributed by atoms with E-state index >= 15 is 0 Å². The van der Waals surface area contributed by atoms with Crippen LogP contribution in [0.2, 0.25) is 0 Å². The standard InChI is InChI=1S/C54H38N2Si/c1-5-20-39(21-6-1)40-22-17-23-41(38-40)55-49-34-15-13-30-45(49)47-32-18-36-51(53(47)55)56-50-35-16-14-31-46(50)48-33-19-37-52(54(48)56)57(42-24-7-2-8-25-42,43-26-9-3-10-27-43)44-28-11-4-12-29-44/h1-38H. The molecule has 2 aromatic heterocycles. The van der Waals surface area contributed by atoms with E-state index in [2.05, 4.69) is 240 Å². The molecule has 2 nitrogen and oxygen atoms in total. The van der Waals surface area contributed by atoms with Crippen molar-refractivity contribution < 1.29 is 0 Å². The molecule has 0 fully saturated rings. The van der Waals surface area contributed by atoms with E-state index in [-0.39, 0.29) is 0 Å². The molecule has 0 saturated heterocycles. The van der Waals surface area contributed by atoms with Gasteiger partial charge in [0.15, 0.2) is 8.07 Å². The minimum absolute atomic E-state index is 1.14. The minimum atomic E-state index is -2.94. The third kappa shape index (κ3) is 5.10. The van der Waals surface area contributed by atoms with Crippen LogP contribution in [0.25, 0.3) is 66.1 Å². The van der Waals surface area contributed by atoms with Crippen LogP contribution in [-0.2, 0) is 0 Å². The molecule has 0 N–H and O–H groups in total. The average Bonchev–Trinajstić information content (AvgIpc) is 3.82. The predicted octanol–water partition coefficient (Wildman–Crippen LogP) is 10.9. The lowest BCUT2D eigenvalue weighted by Crippen LogP contribution is -2.75. The van der Waals surface area contributed by atoms with Crippen molar-refractivity contribution in [3.8, 4) is 22.5 Å². The van der Waals surface area contributed by atoms with Crippen LogP contribution in [0.1, 0.15) is 0 Å². The Morgan fingerprint density at radius 2 is 0.737 bits per heavy atom. The summed E-state index contributed by atoms with van der Waals surface area (Å²) < 4.78 is 5.08. The van der Waals surface area contributed by atoms with Gasteiger partial charge in [0, 0.05) is 27.2 Å². The Balaban J connectivity index is 1.32. The van der Waals surface area contributed by atoms with Crippen molar-refractivity contribution in [2.75, 3.05) is 0 Å². The maximum atomic E-state index is 2.59. The van der Waals surface area contributed by atoms with E-state index in [1.807, 2.05) is 0 Å². The second-order valence-electron chi connectivity index (χ2n) is 14.8. The Labute approximate surface area is 333 Å². The van der Waals surface area contributed by atoms with E-state index in [1.165, 1.54) is 75.5 Å². The number of rotatable bonds is 7. The van der Waals surface area contributed by atoms with E-state index in [9.17, 15) is 0 Å². The third-order valence-electron chi connectivity index (χ3n) is 11.8. The fourth-order valence-corrected chi connectivity index (χ4v) is 14.5. The average molecular weight is 743 g/mol. The molecule has 0 bridgehead atoms. The van der Waals surface area contributed by atoms with E-state index in [4.69, 9.17) is 0 Å². The first-order valence-corrected chi connectivity index (χ1v) is 21.7. The molecule has 0 spiro atoms. The maximum Gasteiger partial charge on any atom is 0.181 e. The fraction of sp³-hybridized carbons (Fsp3) is 0. The summed E-state index contributed by atoms with van der Waals surface area (Å²) in [4.78, 5) is 0. The summed E-state index contributed by atoms with van der Waals surface area (Å²) in [5.74, 6) is 0. The Morgan fingerprint density at radius 3 is 1.33 bits per heavy atom. The second-order valence-corrected chi connectivity index (χ2v) is 18.6. The van der Waals surface area contributed by atoms with Crippen LogP contribution in [0.3, 0.4) is 0 Å². The molecule has 9 aromatic carbocycles. The maximum absolute atomic E-state index is 2.94. The van der Waals surface area contributed by atoms with Crippen LogP contribution in [0, 0.1) is 0 Å². The zero-order valence-electron chi connectivity index (χ0n) is 31.3. The highest BCUT2D eigenvalue weighted by atomic mass is 28.3. The Kier molecular flexibility index (Phi) is 7.87. The number of benzene rings is 9. The molecule has 0 aliphatic heterocycles. The van der Waals surface area contributed by atoms with Crippen LogP contribution in [0.4, 0.5) is 0 Å². The Bertz CT molecular complexity index is 3120. The summed E-state index contributed by atoms with van der Waals surface area (Å²) >= 11 is 0. The first-order chi connectivity index (χ1) is 28.3. The molecular weight excluding hydrogens is 705 g/mol. The molecule has 0 aliphatic rings. The first-order valence-electron chi connectivity index (χ1n) is 19.7. The zero-order chi connectivity index (χ0) is 37.8. The van der Waals surface area contributed by atoms with Gasteiger partial charge in [-0.25, -0.2) is 0 Å². The smallest absolute Gasteiger partial charge is 0.181 e. The number of hydrogen-bond donors (Lipinski definition) is 0. The SMILES string of the molecule is c1ccc(-c2cccc(-n3c4ccccc4c4cccc(-n5c6ccccc6c6cccc([Si](c7ccccc7)(c7ccccc7)c7ccccc7)c65)c43)c2)cc1. The topological polar surface area (TPSA) is 9.86 Å². The van der Waals surface area contributed by atoms with Crippen molar-refractivity contribution in [3.63, 3.8) is 0 Å². The molecule has 0 saturated carbocycles. The molecule has 2 heterocycles. The van der Waals surface area contributed by atoms with Crippen molar-refractivity contribution >= 4 is 72.4 Å². The quantitative estimate of drug-likeness (QED) is 0.114. The summed E-state index contributed by atoms with van der Waals surface area (Å²) in [5.41, 5.74) is 9.52. The molecule has 0 aliphatic carbocycles. The Hall–Kier alpha value is -7.20. The minimum Gasteiger partial charge on any atom is -0.307 e. The van der Waals surface area contributed by atoms with E-state index in [0.717, 1.165) is 11.4 Å². The van der Waals surface area contributed by atoms with E-state index in [1.54, 1.807) is 0 Å². The molecule has 0 atom stereocenters. The monoisotopic (exact) mass is 742 g/mol. The second kappa shape index (κ2) is 13.5. The molecule has 268 valence electrons. The lowest BCUT2D eigenvalue weighted by Gasteiger charge is -2.35. The molecule has 0 radical (unpaired) electrons. The first kappa shape index (κ1) is 33.2. The van der Waals surface area contributed by atoms with E-state index < -0.39 is 8.07 Å². The zero-order valence-corrected chi connectivity index (χ0v) is 32.3. The van der Waals surface area contributed by atoms with Crippen molar-refractivity contribution in [1.29, 1.82) is 0 Å². The molecule has 11 rings (SSSR count). The fourth-order valence-electron chi connectivity index (χ4n) is 9.51. The van der Waals surface area contributed by atoms with Gasteiger partial charge in [-0.15, -0.1) is 0 Å². The molecule has 0 unspecified atom stereocenters. The largest absolute Gasteiger partial charge is 0.307 e. The van der Waals surface area contributed by atoms with Crippen molar-refractivity contribution in [2.24, 2.45) is 0 Å².